The van der Waals surface area contributed by atoms with Gasteiger partial charge >= 0.3 is 0 Å². The Bertz CT molecular complexity index is 654. The van der Waals surface area contributed by atoms with Crippen molar-refractivity contribution in [3.05, 3.63) is 35.4 Å². The summed E-state index contributed by atoms with van der Waals surface area (Å²) >= 11 is 0. The SMILES string of the molecule is O=C(CCCN1C(=O)c2ccccc2C1=O)NN=C1CCCCC1. The number of hydrogen-bond donors (Lipinski definition) is 1. The maximum Gasteiger partial charge on any atom is 0.261 e. The minimum Gasteiger partial charge on any atom is -0.274 e. The summed E-state index contributed by atoms with van der Waals surface area (Å²) in [5.74, 6) is -0.735. The van der Waals surface area contributed by atoms with E-state index in [1.54, 1.807) is 24.3 Å². The van der Waals surface area contributed by atoms with Crippen molar-refractivity contribution in [2.24, 2.45) is 5.10 Å². The molecule has 1 aliphatic heterocycles. The first kappa shape index (κ1) is 16.4. The molecule has 2 aliphatic rings. The van der Waals surface area contributed by atoms with Crippen LogP contribution in [0.2, 0.25) is 0 Å². The monoisotopic (exact) mass is 327 g/mol. The number of rotatable bonds is 5. The molecule has 6 nitrogen and oxygen atoms in total. The van der Waals surface area contributed by atoms with Crippen LogP contribution in [0.5, 0.6) is 0 Å². The molecule has 3 rings (SSSR count). The van der Waals surface area contributed by atoms with E-state index in [0.29, 0.717) is 17.5 Å². The van der Waals surface area contributed by atoms with Crippen LogP contribution in [0.3, 0.4) is 0 Å². The highest BCUT2D eigenvalue weighted by atomic mass is 16.2. The van der Waals surface area contributed by atoms with Gasteiger partial charge in [-0.2, -0.15) is 5.10 Å². The van der Waals surface area contributed by atoms with Gasteiger partial charge in [0.05, 0.1) is 11.1 Å². The van der Waals surface area contributed by atoms with Gasteiger partial charge in [-0.25, -0.2) is 5.43 Å². The van der Waals surface area contributed by atoms with E-state index in [1.165, 1.54) is 11.3 Å². The summed E-state index contributed by atoms with van der Waals surface area (Å²) in [6.45, 7) is 0.246. The fraction of sp³-hybridized carbons (Fsp3) is 0.444. The Labute approximate surface area is 140 Å². The van der Waals surface area contributed by atoms with Gasteiger partial charge in [-0.3, -0.25) is 19.3 Å². The third kappa shape index (κ3) is 3.53. The number of imide groups is 1. The number of hydrogen-bond acceptors (Lipinski definition) is 4. The maximum atomic E-state index is 12.2. The van der Waals surface area contributed by atoms with Crippen molar-refractivity contribution in [2.45, 2.75) is 44.9 Å². The van der Waals surface area contributed by atoms with Crippen LogP contribution in [0.4, 0.5) is 0 Å². The summed E-state index contributed by atoms with van der Waals surface area (Å²) in [6, 6.07) is 6.79. The number of nitrogens with one attached hydrogen (secondary N) is 1. The normalized spacial score (nSPS) is 17.0. The lowest BCUT2D eigenvalue weighted by molar-refractivity contribution is -0.121. The Hall–Kier alpha value is -2.50. The minimum atomic E-state index is -0.279. The Morgan fingerprint density at radius 3 is 2.29 bits per heavy atom. The molecule has 0 radical (unpaired) electrons. The first-order valence-corrected chi connectivity index (χ1v) is 8.46. The molecule has 1 aliphatic carbocycles. The van der Waals surface area contributed by atoms with Gasteiger partial charge in [0.2, 0.25) is 5.91 Å². The highest BCUT2D eigenvalue weighted by Gasteiger charge is 2.34. The van der Waals surface area contributed by atoms with Crippen LogP contribution >= 0.6 is 0 Å². The number of hydrazone groups is 1. The fourth-order valence-electron chi connectivity index (χ4n) is 3.11. The molecule has 1 aromatic carbocycles. The van der Waals surface area contributed by atoms with Crippen molar-refractivity contribution in [3.63, 3.8) is 0 Å². The minimum absolute atomic E-state index is 0.176. The molecule has 6 heteroatoms. The number of carbonyl (C=O) groups is 3. The van der Waals surface area contributed by atoms with Crippen molar-refractivity contribution in [3.8, 4) is 0 Å². The number of carbonyl (C=O) groups excluding carboxylic acids is 3. The van der Waals surface area contributed by atoms with Crippen LogP contribution in [-0.4, -0.2) is 34.9 Å². The van der Waals surface area contributed by atoms with Crippen LogP contribution in [0.25, 0.3) is 0 Å². The van der Waals surface area contributed by atoms with Gasteiger partial charge in [0, 0.05) is 18.7 Å². The third-order valence-electron chi connectivity index (χ3n) is 4.43. The van der Waals surface area contributed by atoms with Crippen LogP contribution in [0, 0.1) is 0 Å². The zero-order valence-corrected chi connectivity index (χ0v) is 13.6. The zero-order valence-electron chi connectivity index (χ0n) is 13.6. The quantitative estimate of drug-likeness (QED) is 0.666. The number of fused-ring (bicyclic) bond motifs is 1. The van der Waals surface area contributed by atoms with Gasteiger partial charge in [-0.05, 0) is 44.2 Å². The van der Waals surface area contributed by atoms with E-state index in [0.717, 1.165) is 31.4 Å². The predicted molar refractivity (Wildman–Crippen MR) is 89.7 cm³/mol. The lowest BCUT2D eigenvalue weighted by atomic mass is 9.99. The summed E-state index contributed by atoms with van der Waals surface area (Å²) in [5, 5.41) is 4.17. The van der Waals surface area contributed by atoms with Crippen molar-refractivity contribution in [1.29, 1.82) is 0 Å². The molecule has 0 aromatic heterocycles. The van der Waals surface area contributed by atoms with E-state index >= 15 is 0 Å². The Kier molecular flexibility index (Phi) is 5.03. The van der Waals surface area contributed by atoms with Crippen LogP contribution in [-0.2, 0) is 4.79 Å². The topological polar surface area (TPSA) is 78.8 Å². The second-order valence-electron chi connectivity index (χ2n) is 6.18. The molecule has 1 heterocycles. The molecule has 0 spiro atoms. The lowest BCUT2D eigenvalue weighted by Gasteiger charge is -2.14. The van der Waals surface area contributed by atoms with E-state index < -0.39 is 0 Å². The van der Waals surface area contributed by atoms with E-state index in [-0.39, 0.29) is 30.7 Å². The maximum absolute atomic E-state index is 12.2. The van der Waals surface area contributed by atoms with Gasteiger partial charge in [-0.15, -0.1) is 0 Å². The molecule has 0 atom stereocenters. The first-order valence-electron chi connectivity index (χ1n) is 8.46. The molecule has 0 saturated heterocycles. The number of nitrogens with zero attached hydrogens (tertiary/aromatic N) is 2. The molecule has 0 bridgehead atoms. The van der Waals surface area contributed by atoms with Crippen LogP contribution in [0.1, 0.15) is 65.7 Å². The Balaban J connectivity index is 1.46. The van der Waals surface area contributed by atoms with Gasteiger partial charge in [0.15, 0.2) is 0 Å². The second kappa shape index (κ2) is 7.38. The smallest absolute Gasteiger partial charge is 0.261 e. The average Bonchev–Trinajstić information content (AvgIpc) is 2.86. The summed E-state index contributed by atoms with van der Waals surface area (Å²) in [5.41, 5.74) is 4.51. The number of benzene rings is 1. The summed E-state index contributed by atoms with van der Waals surface area (Å²) < 4.78 is 0. The predicted octanol–water partition coefficient (Wildman–Crippen LogP) is 2.50. The van der Waals surface area contributed by atoms with Gasteiger partial charge < -0.3 is 0 Å². The Morgan fingerprint density at radius 1 is 1.04 bits per heavy atom. The molecule has 1 fully saturated rings. The standard InChI is InChI=1S/C18H21N3O3/c22-16(20-19-13-7-2-1-3-8-13)11-6-12-21-17(23)14-9-4-5-10-15(14)18(21)24/h4-5,9-10H,1-3,6-8,11-12H2,(H,20,22). The van der Waals surface area contributed by atoms with Crippen molar-refractivity contribution in [2.75, 3.05) is 6.54 Å². The summed E-state index contributed by atoms with van der Waals surface area (Å²) in [7, 11) is 0. The Morgan fingerprint density at radius 2 is 1.67 bits per heavy atom. The van der Waals surface area contributed by atoms with Gasteiger partial charge in [-0.1, -0.05) is 18.6 Å². The summed E-state index contributed by atoms with van der Waals surface area (Å²) in [4.78, 5) is 37.4. The molecule has 1 N–H and O–H groups in total. The molecule has 0 unspecified atom stereocenters. The molecule has 126 valence electrons. The first-order chi connectivity index (χ1) is 11.7. The molecular formula is C18H21N3O3. The largest absolute Gasteiger partial charge is 0.274 e. The van der Waals surface area contributed by atoms with E-state index in [9.17, 15) is 14.4 Å². The molecule has 1 aromatic rings. The molecule has 1 saturated carbocycles. The van der Waals surface area contributed by atoms with Crippen molar-refractivity contribution < 1.29 is 14.4 Å². The molecule has 24 heavy (non-hydrogen) atoms. The fourth-order valence-corrected chi connectivity index (χ4v) is 3.11. The van der Waals surface area contributed by atoms with Crippen LogP contribution < -0.4 is 5.43 Å². The molecular weight excluding hydrogens is 306 g/mol. The van der Waals surface area contributed by atoms with Gasteiger partial charge in [0.1, 0.15) is 0 Å². The van der Waals surface area contributed by atoms with E-state index in [1.807, 2.05) is 0 Å². The van der Waals surface area contributed by atoms with Crippen molar-refractivity contribution >= 4 is 23.4 Å². The zero-order chi connectivity index (χ0) is 16.9. The van der Waals surface area contributed by atoms with Crippen molar-refractivity contribution in [1.82, 2.24) is 10.3 Å². The van der Waals surface area contributed by atoms with Crippen LogP contribution in [0.15, 0.2) is 29.4 Å². The highest BCUT2D eigenvalue weighted by molar-refractivity contribution is 6.21. The van der Waals surface area contributed by atoms with E-state index in [4.69, 9.17) is 0 Å². The van der Waals surface area contributed by atoms with E-state index in [2.05, 4.69) is 10.5 Å². The summed E-state index contributed by atoms with van der Waals surface area (Å²) in [6.07, 6.45) is 6.08. The number of amides is 3. The third-order valence-corrected chi connectivity index (χ3v) is 4.43. The lowest BCUT2D eigenvalue weighted by Crippen LogP contribution is -2.31. The van der Waals surface area contributed by atoms with Gasteiger partial charge in [0.25, 0.3) is 11.8 Å². The second-order valence-corrected chi connectivity index (χ2v) is 6.18. The highest BCUT2D eigenvalue weighted by Crippen LogP contribution is 2.22. The molecule has 3 amide bonds. The average molecular weight is 327 g/mol.